The van der Waals surface area contributed by atoms with Crippen molar-refractivity contribution >= 4 is 17.5 Å². The number of rotatable bonds is 4. The zero-order valence-corrected chi connectivity index (χ0v) is 13.1. The van der Waals surface area contributed by atoms with Crippen molar-refractivity contribution in [2.45, 2.75) is 45.3 Å². The number of hydrogen-bond acceptors (Lipinski definition) is 3. The van der Waals surface area contributed by atoms with Crippen molar-refractivity contribution < 1.29 is 14.6 Å². The lowest BCUT2D eigenvalue weighted by atomic mass is 10.2. The smallest absolute Gasteiger partial charge is 0.263 e. The number of nitrogens with zero attached hydrogens (tertiary/aromatic N) is 1. The quantitative estimate of drug-likeness (QED) is 0.930. The summed E-state index contributed by atoms with van der Waals surface area (Å²) in [6, 6.07) is 5.17. The first-order valence-electron chi connectivity index (χ1n) is 7.47. The summed E-state index contributed by atoms with van der Waals surface area (Å²) in [7, 11) is 0. The molecule has 1 N–H and O–H groups in total. The molecule has 1 saturated heterocycles. The van der Waals surface area contributed by atoms with Gasteiger partial charge in [-0.1, -0.05) is 30.5 Å². The van der Waals surface area contributed by atoms with Crippen LogP contribution in [0.4, 0.5) is 0 Å². The molecule has 0 aliphatic carbocycles. The highest BCUT2D eigenvalue weighted by Gasteiger charge is 2.23. The Kier molecular flexibility index (Phi) is 5.88. The molecule has 1 atom stereocenters. The molecule has 0 saturated carbocycles. The van der Waals surface area contributed by atoms with Crippen LogP contribution in [0.1, 0.15) is 38.2 Å². The summed E-state index contributed by atoms with van der Waals surface area (Å²) >= 11 is 6.03. The van der Waals surface area contributed by atoms with Crippen molar-refractivity contribution in [3.05, 3.63) is 28.8 Å². The first kappa shape index (κ1) is 16.1. The third-order valence-electron chi connectivity index (χ3n) is 3.80. The summed E-state index contributed by atoms with van der Waals surface area (Å²) in [6.45, 7) is 3.14. The maximum atomic E-state index is 12.4. The number of ether oxygens (including phenoxy) is 1. The largest absolute Gasteiger partial charge is 0.480 e. The molecule has 0 aromatic heterocycles. The van der Waals surface area contributed by atoms with Gasteiger partial charge in [0.1, 0.15) is 5.75 Å². The molecule has 1 fully saturated rings. The minimum atomic E-state index is -0.577. The van der Waals surface area contributed by atoms with Crippen LogP contribution >= 0.6 is 11.6 Å². The number of aliphatic hydroxyl groups is 1. The lowest BCUT2D eigenvalue weighted by molar-refractivity contribution is -0.137. The van der Waals surface area contributed by atoms with E-state index in [0.29, 0.717) is 16.3 Å². The monoisotopic (exact) mass is 311 g/mol. The van der Waals surface area contributed by atoms with Crippen LogP contribution < -0.4 is 4.74 Å². The molecule has 1 aliphatic heterocycles. The van der Waals surface area contributed by atoms with E-state index in [2.05, 4.69) is 0 Å². The molecule has 1 aromatic rings. The lowest BCUT2D eigenvalue weighted by Gasteiger charge is -2.25. The normalized spacial score (nSPS) is 17.2. The topological polar surface area (TPSA) is 49.8 Å². The van der Waals surface area contributed by atoms with Gasteiger partial charge in [0.2, 0.25) is 0 Å². The van der Waals surface area contributed by atoms with Crippen LogP contribution in [-0.4, -0.2) is 35.1 Å². The van der Waals surface area contributed by atoms with Gasteiger partial charge in [-0.25, -0.2) is 0 Å². The van der Waals surface area contributed by atoms with Crippen molar-refractivity contribution in [3.63, 3.8) is 0 Å². The van der Waals surface area contributed by atoms with E-state index in [1.54, 1.807) is 25.1 Å². The third kappa shape index (κ3) is 4.11. The van der Waals surface area contributed by atoms with Gasteiger partial charge < -0.3 is 14.7 Å². The highest BCUT2D eigenvalue weighted by Crippen LogP contribution is 2.27. The standard InChI is InChI=1S/C16H22ClNO3/c1-12(16(20)18-9-4-2-3-5-10-18)21-15-8-6-7-14(17)13(15)11-19/h6-8,12,19H,2-5,9-11H2,1H3. The van der Waals surface area contributed by atoms with Gasteiger partial charge in [0.25, 0.3) is 5.91 Å². The lowest BCUT2D eigenvalue weighted by Crippen LogP contribution is -2.41. The Hall–Kier alpha value is -1.26. The van der Waals surface area contributed by atoms with Gasteiger partial charge in [-0.05, 0) is 31.9 Å². The summed E-state index contributed by atoms with van der Waals surface area (Å²) in [5.74, 6) is 0.474. The fourth-order valence-corrected chi connectivity index (χ4v) is 2.82. The van der Waals surface area contributed by atoms with Gasteiger partial charge in [-0.3, -0.25) is 4.79 Å². The Morgan fingerprint density at radius 2 is 2.00 bits per heavy atom. The maximum absolute atomic E-state index is 12.4. The second kappa shape index (κ2) is 7.66. The Bertz CT molecular complexity index is 484. The molecular weight excluding hydrogens is 290 g/mol. The van der Waals surface area contributed by atoms with Crippen molar-refractivity contribution in [2.75, 3.05) is 13.1 Å². The van der Waals surface area contributed by atoms with Gasteiger partial charge in [-0.2, -0.15) is 0 Å². The molecule has 1 amide bonds. The molecule has 2 rings (SSSR count). The second-order valence-electron chi connectivity index (χ2n) is 5.37. The van der Waals surface area contributed by atoms with E-state index < -0.39 is 6.10 Å². The van der Waals surface area contributed by atoms with E-state index in [4.69, 9.17) is 16.3 Å². The molecule has 0 bridgehead atoms. The molecule has 1 heterocycles. The van der Waals surface area contributed by atoms with Gasteiger partial charge in [0.15, 0.2) is 6.10 Å². The summed E-state index contributed by atoms with van der Waals surface area (Å²) < 4.78 is 5.74. The van der Waals surface area contributed by atoms with E-state index >= 15 is 0 Å². The Labute approximate surface area is 130 Å². The molecule has 4 nitrogen and oxygen atoms in total. The van der Waals surface area contributed by atoms with Gasteiger partial charge in [0.05, 0.1) is 6.61 Å². The van der Waals surface area contributed by atoms with Crippen LogP contribution in [0.5, 0.6) is 5.75 Å². The van der Waals surface area contributed by atoms with Gasteiger partial charge in [0, 0.05) is 23.7 Å². The summed E-state index contributed by atoms with van der Waals surface area (Å²) in [5.41, 5.74) is 0.523. The average molecular weight is 312 g/mol. The number of aliphatic hydroxyl groups excluding tert-OH is 1. The summed E-state index contributed by atoms with van der Waals surface area (Å²) in [4.78, 5) is 14.3. The van der Waals surface area contributed by atoms with Crippen molar-refractivity contribution in [3.8, 4) is 5.75 Å². The van der Waals surface area contributed by atoms with Crippen LogP contribution in [0, 0.1) is 0 Å². The van der Waals surface area contributed by atoms with Gasteiger partial charge in [-0.15, -0.1) is 0 Å². The number of amides is 1. The molecule has 0 radical (unpaired) electrons. The number of carbonyl (C=O) groups is 1. The number of hydrogen-bond donors (Lipinski definition) is 1. The zero-order valence-electron chi connectivity index (χ0n) is 12.3. The van der Waals surface area contributed by atoms with Crippen molar-refractivity contribution in [1.29, 1.82) is 0 Å². The van der Waals surface area contributed by atoms with Crippen molar-refractivity contribution in [2.24, 2.45) is 0 Å². The van der Waals surface area contributed by atoms with E-state index in [-0.39, 0.29) is 12.5 Å². The predicted octanol–water partition coefficient (Wildman–Crippen LogP) is 3.00. The van der Waals surface area contributed by atoms with E-state index in [9.17, 15) is 9.90 Å². The molecule has 116 valence electrons. The highest BCUT2D eigenvalue weighted by molar-refractivity contribution is 6.31. The van der Waals surface area contributed by atoms with Crippen LogP contribution in [-0.2, 0) is 11.4 Å². The summed E-state index contributed by atoms with van der Waals surface area (Å²) in [5, 5.41) is 9.83. The van der Waals surface area contributed by atoms with Crippen LogP contribution in [0.2, 0.25) is 5.02 Å². The number of carbonyl (C=O) groups excluding carboxylic acids is 1. The van der Waals surface area contributed by atoms with Gasteiger partial charge >= 0.3 is 0 Å². The first-order chi connectivity index (χ1) is 10.1. The highest BCUT2D eigenvalue weighted by atomic mass is 35.5. The Balaban J connectivity index is 2.05. The summed E-state index contributed by atoms with van der Waals surface area (Å²) in [6.07, 6.45) is 3.89. The molecule has 1 unspecified atom stereocenters. The fraction of sp³-hybridized carbons (Fsp3) is 0.562. The predicted molar refractivity (Wildman–Crippen MR) is 82.5 cm³/mol. The molecule has 21 heavy (non-hydrogen) atoms. The molecule has 1 aliphatic rings. The SMILES string of the molecule is CC(Oc1cccc(Cl)c1CO)C(=O)N1CCCCCC1. The average Bonchev–Trinajstić information content (AvgIpc) is 2.75. The second-order valence-corrected chi connectivity index (χ2v) is 5.78. The first-order valence-corrected chi connectivity index (χ1v) is 7.85. The zero-order chi connectivity index (χ0) is 15.2. The third-order valence-corrected chi connectivity index (χ3v) is 4.16. The number of benzene rings is 1. The minimum Gasteiger partial charge on any atom is -0.480 e. The Morgan fingerprint density at radius 3 is 2.62 bits per heavy atom. The molecule has 5 heteroatoms. The Morgan fingerprint density at radius 1 is 1.33 bits per heavy atom. The van der Waals surface area contributed by atoms with E-state index in [0.717, 1.165) is 25.9 Å². The molecule has 0 spiro atoms. The fourth-order valence-electron chi connectivity index (χ4n) is 2.59. The van der Waals surface area contributed by atoms with E-state index in [1.807, 2.05) is 4.90 Å². The van der Waals surface area contributed by atoms with Crippen LogP contribution in [0.3, 0.4) is 0 Å². The maximum Gasteiger partial charge on any atom is 0.263 e. The number of halogens is 1. The van der Waals surface area contributed by atoms with Crippen LogP contribution in [0.15, 0.2) is 18.2 Å². The van der Waals surface area contributed by atoms with E-state index in [1.165, 1.54) is 12.8 Å². The van der Waals surface area contributed by atoms with Crippen molar-refractivity contribution in [1.82, 2.24) is 4.90 Å². The molecule has 1 aromatic carbocycles. The van der Waals surface area contributed by atoms with Crippen LogP contribution in [0.25, 0.3) is 0 Å². The minimum absolute atomic E-state index is 0.000709. The number of likely N-dealkylation sites (tertiary alicyclic amines) is 1. The molecular formula is C16H22ClNO3.